The zero-order valence-electron chi connectivity index (χ0n) is 13.5. The van der Waals surface area contributed by atoms with Gasteiger partial charge in [-0.15, -0.1) is 0 Å². The Morgan fingerprint density at radius 1 is 1.59 bits per heavy atom. The molecule has 0 saturated heterocycles. The van der Waals surface area contributed by atoms with Crippen molar-refractivity contribution in [3.63, 3.8) is 0 Å². The van der Waals surface area contributed by atoms with Crippen LogP contribution >= 0.6 is 0 Å². The smallest absolute Gasteiger partial charge is 0.159 e. The maximum absolute atomic E-state index is 5.31. The van der Waals surface area contributed by atoms with E-state index in [1.165, 1.54) is 25.7 Å². The monoisotopic (exact) mass is 470 g/mol. The van der Waals surface area contributed by atoms with Gasteiger partial charge in [0.25, 0.3) is 0 Å². The van der Waals surface area contributed by atoms with Gasteiger partial charge in [-0.25, -0.2) is 9.98 Å². The molecule has 0 atom stereocenters. The van der Waals surface area contributed by atoms with E-state index in [-0.39, 0.29) is 7.43 Å². The minimum absolute atomic E-state index is 0. The number of rotatable bonds is 3. The molecular weight excluding hydrogens is 448 g/mol. The average molecular weight is 470 g/mol. The van der Waals surface area contributed by atoms with Crippen LogP contribution in [0.25, 0.3) is 10.9 Å². The maximum atomic E-state index is 5.31. The summed E-state index contributed by atoms with van der Waals surface area (Å²) < 4.78 is 2.71. The van der Waals surface area contributed by atoms with Gasteiger partial charge in [-0.05, 0) is 12.5 Å². The Morgan fingerprint density at radius 2 is 2.23 bits per heavy atom. The predicted molar refractivity (Wildman–Crippen MR) is 92.2 cm³/mol. The zero-order chi connectivity index (χ0) is 16.0. The first-order valence-electron chi connectivity index (χ1n) is 6.20. The van der Waals surface area contributed by atoms with Crippen LogP contribution in [0, 0.1) is 7.43 Å². The first-order chi connectivity index (χ1) is 9.86. The van der Waals surface area contributed by atoms with E-state index in [0.717, 1.165) is 33.2 Å². The van der Waals surface area contributed by atoms with Crippen LogP contribution in [0.3, 0.4) is 0 Å². The SMILES string of the molecule is C=C(N)[C](=[W])N=C[N-]C.C=C1CC(C)=Nc2c1ncn2C.[CH3-]. The molecule has 0 unspecified atom stereocenters. The van der Waals surface area contributed by atoms with E-state index in [9.17, 15) is 0 Å². The number of imidazole rings is 1. The molecule has 1 aromatic rings. The van der Waals surface area contributed by atoms with Crippen LogP contribution in [-0.2, 0) is 26.4 Å². The molecule has 22 heavy (non-hydrogen) atoms. The van der Waals surface area contributed by atoms with Crippen molar-refractivity contribution in [3.05, 3.63) is 43.6 Å². The molecule has 0 aliphatic carbocycles. The van der Waals surface area contributed by atoms with E-state index >= 15 is 0 Å². The maximum Gasteiger partial charge on any atom is 0.159 e. The van der Waals surface area contributed by atoms with Crippen molar-refractivity contribution < 1.29 is 19.4 Å². The van der Waals surface area contributed by atoms with Crippen LogP contribution in [0.1, 0.15) is 19.0 Å². The van der Waals surface area contributed by atoms with E-state index in [4.69, 9.17) is 5.73 Å². The van der Waals surface area contributed by atoms with Crippen molar-refractivity contribution in [2.45, 2.75) is 13.3 Å². The molecule has 1 aliphatic heterocycles. The van der Waals surface area contributed by atoms with Crippen LogP contribution in [0.15, 0.2) is 35.2 Å². The summed E-state index contributed by atoms with van der Waals surface area (Å²) in [5.41, 5.74) is 8.95. The summed E-state index contributed by atoms with van der Waals surface area (Å²) in [6, 6.07) is 0. The molecule has 120 valence electrons. The number of aryl methyl sites for hydroxylation is 1. The van der Waals surface area contributed by atoms with Crippen molar-refractivity contribution in [3.8, 4) is 0 Å². The summed E-state index contributed by atoms with van der Waals surface area (Å²) >= 11 is 1.21. The van der Waals surface area contributed by atoms with Gasteiger partial charge in [0.2, 0.25) is 0 Å². The van der Waals surface area contributed by atoms with Crippen molar-refractivity contribution in [1.29, 1.82) is 0 Å². The fourth-order valence-electron chi connectivity index (χ4n) is 1.61. The van der Waals surface area contributed by atoms with Gasteiger partial charge in [0.1, 0.15) is 5.69 Å². The summed E-state index contributed by atoms with van der Waals surface area (Å²) in [4.78, 5) is 12.5. The second-order valence-electron chi connectivity index (χ2n) is 4.49. The molecule has 1 aromatic heterocycles. The van der Waals surface area contributed by atoms with Gasteiger partial charge in [0, 0.05) is 19.2 Å². The second-order valence-corrected chi connectivity index (χ2v) is 5.88. The van der Waals surface area contributed by atoms with Crippen LogP contribution in [0.4, 0.5) is 5.82 Å². The normalized spacial score (nSPS) is 12.5. The number of nitrogens with two attached hydrogens (primary N) is 1. The summed E-state index contributed by atoms with van der Waals surface area (Å²) in [6.45, 7) is 9.49. The second kappa shape index (κ2) is 9.26. The summed E-state index contributed by atoms with van der Waals surface area (Å²) in [6.07, 6.45) is 4.09. The number of nitrogens with zero attached hydrogens (tertiary/aromatic N) is 5. The van der Waals surface area contributed by atoms with E-state index in [1.54, 1.807) is 13.4 Å². The number of hydrogen-bond acceptors (Lipinski definition) is 4. The number of fused-ring (bicyclic) bond motifs is 1. The number of aromatic nitrogens is 2. The van der Waals surface area contributed by atoms with Gasteiger partial charge in [0.05, 0.1) is 6.33 Å². The van der Waals surface area contributed by atoms with E-state index < -0.39 is 0 Å². The fourth-order valence-corrected chi connectivity index (χ4v) is 1.78. The van der Waals surface area contributed by atoms with Crippen LogP contribution in [0.5, 0.6) is 0 Å². The van der Waals surface area contributed by atoms with E-state index in [0.29, 0.717) is 5.70 Å². The Hall–Kier alpha value is -1.81. The molecule has 7 heteroatoms. The van der Waals surface area contributed by atoms with Crippen LogP contribution in [-0.4, -0.2) is 32.7 Å². The topological polar surface area (TPSA) is 82.7 Å². The van der Waals surface area contributed by atoms with Gasteiger partial charge in [0.15, 0.2) is 5.82 Å². The molecule has 1 aliphatic rings. The Kier molecular flexibility index (Phi) is 8.49. The average Bonchev–Trinajstić information content (AvgIpc) is 2.78. The minimum Gasteiger partial charge on any atom is -0.358 e. The molecule has 2 heterocycles. The predicted octanol–water partition coefficient (Wildman–Crippen LogP) is 2.55. The molecule has 2 N–H and O–H groups in total. The van der Waals surface area contributed by atoms with Gasteiger partial charge in [-0.3, -0.25) is 0 Å². The Labute approximate surface area is 143 Å². The fraction of sp³-hybridized carbons (Fsp3) is 0.267. The molecule has 0 spiro atoms. The Bertz CT molecular complexity index is 624. The third-order valence-corrected chi connectivity index (χ3v) is 3.89. The molecule has 0 amide bonds. The zero-order valence-corrected chi connectivity index (χ0v) is 16.4. The quantitative estimate of drug-likeness (QED) is 0.419. The largest absolute Gasteiger partial charge is 0.358 e. The Balaban J connectivity index is 0.000000402. The van der Waals surface area contributed by atoms with Crippen LogP contribution < -0.4 is 5.73 Å². The van der Waals surface area contributed by atoms with E-state index in [2.05, 4.69) is 33.4 Å². The van der Waals surface area contributed by atoms with Crippen molar-refractivity contribution in [2.75, 3.05) is 7.05 Å². The molecular formula is C15H22N6W-2. The van der Waals surface area contributed by atoms with Gasteiger partial charge < -0.3 is 12.0 Å². The Morgan fingerprint density at radius 3 is 2.77 bits per heavy atom. The number of hydrogen-bond donors (Lipinski definition) is 1. The van der Waals surface area contributed by atoms with Crippen LogP contribution in [0.2, 0.25) is 0 Å². The molecule has 0 saturated carbocycles. The van der Waals surface area contributed by atoms with Gasteiger partial charge in [-0.1, -0.05) is 6.58 Å². The molecule has 0 radical (unpaired) electrons. The molecule has 0 aromatic carbocycles. The first kappa shape index (κ1) is 20.2. The van der Waals surface area contributed by atoms with Gasteiger partial charge in [-0.2, -0.15) is 0 Å². The van der Waals surface area contributed by atoms with E-state index in [1.807, 2.05) is 18.5 Å². The third-order valence-electron chi connectivity index (χ3n) is 2.57. The van der Waals surface area contributed by atoms with Gasteiger partial charge >= 0.3 is 65.1 Å². The van der Waals surface area contributed by atoms with Crippen molar-refractivity contribution >= 4 is 27.5 Å². The molecule has 2 rings (SSSR count). The molecule has 0 bridgehead atoms. The molecule has 0 fully saturated rings. The summed E-state index contributed by atoms with van der Waals surface area (Å²) in [7, 11) is 3.60. The van der Waals surface area contributed by atoms with Crippen molar-refractivity contribution in [2.24, 2.45) is 22.8 Å². The summed E-state index contributed by atoms with van der Waals surface area (Å²) in [5.74, 6) is 0.934. The third kappa shape index (κ3) is 5.52. The first-order valence-corrected chi connectivity index (χ1v) is 7.67. The number of aliphatic imine (C=N–C) groups is 2. The number of allylic oxidation sites excluding steroid dienone is 1. The van der Waals surface area contributed by atoms with Crippen molar-refractivity contribution in [1.82, 2.24) is 9.55 Å². The molecule has 6 nitrogen and oxygen atoms in total. The standard InChI is InChI=1S/C9H11N3.C5H8N3.CH3.W/c1-6-4-7(2)11-9-8(6)10-5-12(9)3;1-5(6)3-8-4-7-2;;/h5H,1,4H2,2-3H3;4H,1,6H2,2H3;1H3;/q;2*-1;. The summed E-state index contributed by atoms with van der Waals surface area (Å²) in [5, 5.41) is 3.66. The minimum atomic E-state index is 0.